The van der Waals surface area contributed by atoms with Crippen LogP contribution in [0.25, 0.3) is 16.9 Å². The number of rotatable bonds is 1. The quantitative estimate of drug-likeness (QED) is 0.689. The Hall–Kier alpha value is -1.76. The second-order valence-electron chi connectivity index (χ2n) is 4.10. The van der Waals surface area contributed by atoms with Gasteiger partial charge in [-0.3, -0.25) is 4.68 Å². The summed E-state index contributed by atoms with van der Waals surface area (Å²) in [6.07, 6.45) is 3.29. The van der Waals surface area contributed by atoms with Crippen molar-refractivity contribution in [1.29, 1.82) is 0 Å². The van der Waals surface area contributed by atoms with Gasteiger partial charge >= 0.3 is 0 Å². The van der Waals surface area contributed by atoms with Crippen LogP contribution in [0.1, 0.15) is 11.4 Å². The molecule has 0 amide bonds. The normalized spacial score (nSPS) is 11.3. The van der Waals surface area contributed by atoms with Gasteiger partial charge in [0.2, 0.25) is 0 Å². The number of hydrogen-bond acceptors (Lipinski definition) is 4. The van der Waals surface area contributed by atoms with Crippen LogP contribution in [0.15, 0.2) is 17.0 Å². The third-order valence-electron chi connectivity index (χ3n) is 2.91. The number of halogens is 1. The number of aryl methyl sites for hydroxylation is 2. The Morgan fingerprint density at radius 1 is 1.22 bits per heavy atom. The molecule has 92 valence electrons. The molecule has 6 nitrogen and oxygen atoms in total. The first kappa shape index (κ1) is 11.3. The molecular formula is C11H11BrN6. The highest BCUT2D eigenvalue weighted by Gasteiger charge is 2.15. The van der Waals surface area contributed by atoms with Crippen LogP contribution in [0.2, 0.25) is 0 Å². The Balaban J connectivity index is 2.35. The van der Waals surface area contributed by atoms with E-state index in [4.69, 9.17) is 0 Å². The van der Waals surface area contributed by atoms with Gasteiger partial charge in [-0.05, 0) is 29.8 Å². The summed E-state index contributed by atoms with van der Waals surface area (Å²) in [5.74, 6) is 0.749. The van der Waals surface area contributed by atoms with E-state index in [1.807, 2.05) is 25.6 Å². The molecule has 3 heterocycles. The summed E-state index contributed by atoms with van der Waals surface area (Å²) in [4.78, 5) is 8.54. The first-order valence-electron chi connectivity index (χ1n) is 5.44. The molecule has 0 unspecified atom stereocenters. The standard InChI is InChI=1S/C11H11BrN6/c1-6-9(12)7(2)18(16-6)11-8-4-15-17(3)10(8)13-5-14-11/h4-5H,1-3H3. The minimum atomic E-state index is 0.749. The van der Waals surface area contributed by atoms with E-state index in [0.29, 0.717) is 0 Å². The van der Waals surface area contributed by atoms with Crippen LogP contribution in [0.4, 0.5) is 0 Å². The Kier molecular flexibility index (Phi) is 2.44. The fraction of sp³-hybridized carbons (Fsp3) is 0.273. The highest BCUT2D eigenvalue weighted by molar-refractivity contribution is 9.10. The molecule has 3 aromatic heterocycles. The predicted molar refractivity (Wildman–Crippen MR) is 70.6 cm³/mol. The topological polar surface area (TPSA) is 61.4 Å². The molecule has 0 aliphatic rings. The molecule has 3 aromatic rings. The number of hydrogen-bond donors (Lipinski definition) is 0. The molecule has 0 saturated heterocycles. The van der Waals surface area contributed by atoms with Crippen LogP contribution in [0.3, 0.4) is 0 Å². The van der Waals surface area contributed by atoms with Gasteiger partial charge in [0.1, 0.15) is 6.33 Å². The summed E-state index contributed by atoms with van der Waals surface area (Å²) in [5.41, 5.74) is 2.74. The summed E-state index contributed by atoms with van der Waals surface area (Å²) >= 11 is 3.52. The largest absolute Gasteiger partial charge is 0.250 e. The number of aromatic nitrogens is 6. The van der Waals surface area contributed by atoms with Gasteiger partial charge in [-0.15, -0.1) is 0 Å². The maximum atomic E-state index is 4.48. The van der Waals surface area contributed by atoms with Crippen molar-refractivity contribution in [1.82, 2.24) is 29.5 Å². The highest BCUT2D eigenvalue weighted by Crippen LogP contribution is 2.25. The van der Waals surface area contributed by atoms with Crippen molar-refractivity contribution in [3.05, 3.63) is 28.4 Å². The lowest BCUT2D eigenvalue weighted by Gasteiger charge is -2.04. The molecule has 7 heteroatoms. The SMILES string of the molecule is Cc1nn(-c2ncnc3c2cnn3C)c(C)c1Br. The van der Waals surface area contributed by atoms with Gasteiger partial charge in [0.05, 0.1) is 27.4 Å². The zero-order chi connectivity index (χ0) is 12.9. The first-order valence-corrected chi connectivity index (χ1v) is 6.23. The zero-order valence-electron chi connectivity index (χ0n) is 10.2. The summed E-state index contributed by atoms with van der Waals surface area (Å²) in [5, 5.41) is 9.57. The van der Waals surface area contributed by atoms with Crippen LogP contribution < -0.4 is 0 Å². The lowest BCUT2D eigenvalue weighted by molar-refractivity contribution is 0.782. The van der Waals surface area contributed by atoms with Gasteiger partial charge in [-0.25, -0.2) is 14.6 Å². The average Bonchev–Trinajstić information content (AvgIpc) is 2.86. The molecule has 0 N–H and O–H groups in total. The summed E-state index contributed by atoms with van der Waals surface area (Å²) in [7, 11) is 1.86. The third-order valence-corrected chi connectivity index (χ3v) is 4.06. The van der Waals surface area contributed by atoms with Crippen LogP contribution in [0.5, 0.6) is 0 Å². The van der Waals surface area contributed by atoms with E-state index < -0.39 is 0 Å². The van der Waals surface area contributed by atoms with E-state index in [-0.39, 0.29) is 0 Å². The van der Waals surface area contributed by atoms with E-state index in [2.05, 4.69) is 36.1 Å². The monoisotopic (exact) mass is 306 g/mol. The van der Waals surface area contributed by atoms with Gasteiger partial charge in [-0.2, -0.15) is 10.2 Å². The predicted octanol–water partition coefficient (Wildman–Crippen LogP) is 1.93. The van der Waals surface area contributed by atoms with Crippen molar-refractivity contribution in [2.45, 2.75) is 13.8 Å². The fourth-order valence-corrected chi connectivity index (χ4v) is 2.20. The van der Waals surface area contributed by atoms with E-state index in [1.165, 1.54) is 6.33 Å². The van der Waals surface area contributed by atoms with Crippen LogP contribution >= 0.6 is 15.9 Å². The highest BCUT2D eigenvalue weighted by atomic mass is 79.9. The molecule has 18 heavy (non-hydrogen) atoms. The molecule has 0 radical (unpaired) electrons. The molecule has 0 fully saturated rings. The van der Waals surface area contributed by atoms with Crippen LogP contribution in [-0.4, -0.2) is 29.5 Å². The Bertz CT molecular complexity index is 741. The van der Waals surface area contributed by atoms with Crippen molar-refractivity contribution in [2.24, 2.45) is 7.05 Å². The van der Waals surface area contributed by atoms with E-state index >= 15 is 0 Å². The fourth-order valence-electron chi connectivity index (χ4n) is 1.95. The summed E-state index contributed by atoms with van der Waals surface area (Å²) in [6, 6.07) is 0. The van der Waals surface area contributed by atoms with Gasteiger partial charge in [0.15, 0.2) is 11.5 Å². The van der Waals surface area contributed by atoms with E-state index in [0.717, 1.165) is 32.7 Å². The minimum Gasteiger partial charge on any atom is -0.250 e. The van der Waals surface area contributed by atoms with Crippen LogP contribution in [-0.2, 0) is 7.05 Å². The van der Waals surface area contributed by atoms with Gasteiger partial charge in [0.25, 0.3) is 0 Å². The molecule has 0 spiro atoms. The zero-order valence-corrected chi connectivity index (χ0v) is 11.8. The van der Waals surface area contributed by atoms with Gasteiger partial charge in [-0.1, -0.05) is 0 Å². The van der Waals surface area contributed by atoms with E-state index in [1.54, 1.807) is 10.9 Å². The molecule has 0 saturated carbocycles. The summed E-state index contributed by atoms with van der Waals surface area (Å²) < 4.78 is 4.53. The van der Waals surface area contributed by atoms with Gasteiger partial charge < -0.3 is 0 Å². The second-order valence-corrected chi connectivity index (χ2v) is 4.89. The Morgan fingerprint density at radius 3 is 2.67 bits per heavy atom. The van der Waals surface area contributed by atoms with Crippen molar-refractivity contribution >= 4 is 27.0 Å². The molecule has 3 rings (SSSR count). The molecule has 0 aliphatic carbocycles. The summed E-state index contributed by atoms with van der Waals surface area (Å²) in [6.45, 7) is 3.95. The molecule has 0 atom stereocenters. The third kappa shape index (κ3) is 1.47. The van der Waals surface area contributed by atoms with Crippen molar-refractivity contribution in [2.75, 3.05) is 0 Å². The van der Waals surface area contributed by atoms with Crippen molar-refractivity contribution < 1.29 is 0 Å². The minimum absolute atomic E-state index is 0.749. The molecular weight excluding hydrogens is 296 g/mol. The molecule has 0 aromatic carbocycles. The van der Waals surface area contributed by atoms with Crippen molar-refractivity contribution in [3.8, 4) is 5.82 Å². The lowest BCUT2D eigenvalue weighted by Crippen LogP contribution is -2.03. The van der Waals surface area contributed by atoms with E-state index in [9.17, 15) is 0 Å². The number of fused-ring (bicyclic) bond motifs is 1. The second kappa shape index (κ2) is 3.88. The molecule has 0 aliphatic heterocycles. The Morgan fingerprint density at radius 2 is 2.00 bits per heavy atom. The smallest absolute Gasteiger partial charge is 0.168 e. The van der Waals surface area contributed by atoms with Gasteiger partial charge in [0, 0.05) is 7.05 Å². The van der Waals surface area contributed by atoms with Crippen LogP contribution in [0, 0.1) is 13.8 Å². The van der Waals surface area contributed by atoms with Crippen molar-refractivity contribution in [3.63, 3.8) is 0 Å². The Labute approximate surface area is 112 Å². The average molecular weight is 307 g/mol. The maximum Gasteiger partial charge on any atom is 0.168 e. The number of nitrogens with zero attached hydrogens (tertiary/aromatic N) is 6. The maximum absolute atomic E-state index is 4.48. The molecule has 0 bridgehead atoms. The lowest BCUT2D eigenvalue weighted by atomic mass is 10.3. The first-order chi connectivity index (χ1) is 8.59.